The van der Waals surface area contributed by atoms with Crippen LogP contribution < -0.4 is 4.74 Å². The van der Waals surface area contributed by atoms with Crippen molar-refractivity contribution in [3.8, 4) is 17.2 Å². The summed E-state index contributed by atoms with van der Waals surface area (Å²) >= 11 is 0. The van der Waals surface area contributed by atoms with E-state index in [-0.39, 0.29) is 24.1 Å². The molecule has 6 nitrogen and oxygen atoms in total. The van der Waals surface area contributed by atoms with Crippen molar-refractivity contribution in [1.82, 2.24) is 10.1 Å². The summed E-state index contributed by atoms with van der Waals surface area (Å²) in [5.41, 5.74) is 0.353. The third-order valence-corrected chi connectivity index (χ3v) is 2.19. The van der Waals surface area contributed by atoms with Gasteiger partial charge >= 0.3 is 12.6 Å². The minimum atomic E-state index is -2.93. The lowest BCUT2D eigenvalue weighted by molar-refractivity contribution is -0.0498. The van der Waals surface area contributed by atoms with Crippen LogP contribution in [0.2, 0.25) is 0 Å². The molecule has 0 spiro atoms. The normalized spacial score (nSPS) is 10.6. The van der Waals surface area contributed by atoms with Gasteiger partial charge in [0.2, 0.25) is 0 Å². The summed E-state index contributed by atoms with van der Waals surface area (Å²) < 4.78 is 38.1. The number of nitrogens with zero attached hydrogens (tertiary/aromatic N) is 2. The molecule has 1 aromatic heterocycles. The molecule has 0 aliphatic rings. The highest BCUT2D eigenvalue weighted by molar-refractivity contribution is 5.85. The SMILES string of the molecule is CCOC(=O)c1noc(-c2cccc(OC(F)F)c2)n1. The Morgan fingerprint density at radius 3 is 2.95 bits per heavy atom. The number of hydrogen-bond donors (Lipinski definition) is 0. The molecule has 2 aromatic rings. The van der Waals surface area contributed by atoms with Gasteiger partial charge in [-0.2, -0.15) is 13.8 Å². The Labute approximate surface area is 112 Å². The van der Waals surface area contributed by atoms with Gasteiger partial charge in [-0.1, -0.05) is 6.07 Å². The fourth-order valence-corrected chi connectivity index (χ4v) is 1.42. The summed E-state index contributed by atoms with van der Waals surface area (Å²) in [5.74, 6) is -0.995. The van der Waals surface area contributed by atoms with Crippen LogP contribution in [0, 0.1) is 0 Å². The van der Waals surface area contributed by atoms with Gasteiger partial charge in [0.15, 0.2) is 0 Å². The van der Waals surface area contributed by atoms with Crippen molar-refractivity contribution in [2.45, 2.75) is 13.5 Å². The van der Waals surface area contributed by atoms with Crippen LogP contribution in [0.3, 0.4) is 0 Å². The molecule has 20 heavy (non-hydrogen) atoms. The van der Waals surface area contributed by atoms with Crippen molar-refractivity contribution in [2.75, 3.05) is 6.61 Å². The Morgan fingerprint density at radius 2 is 2.25 bits per heavy atom. The van der Waals surface area contributed by atoms with Crippen molar-refractivity contribution in [2.24, 2.45) is 0 Å². The zero-order valence-corrected chi connectivity index (χ0v) is 10.4. The number of carbonyl (C=O) groups excluding carboxylic acids is 1. The third-order valence-electron chi connectivity index (χ3n) is 2.19. The number of carbonyl (C=O) groups is 1. The van der Waals surface area contributed by atoms with E-state index in [4.69, 9.17) is 9.26 Å². The molecule has 0 N–H and O–H groups in total. The Hall–Kier alpha value is -2.51. The van der Waals surface area contributed by atoms with Gasteiger partial charge in [0, 0.05) is 5.56 Å². The lowest BCUT2D eigenvalue weighted by Crippen LogP contribution is -2.06. The first kappa shape index (κ1) is 13.9. The van der Waals surface area contributed by atoms with E-state index in [1.807, 2.05) is 0 Å². The predicted molar refractivity (Wildman–Crippen MR) is 62.3 cm³/mol. The van der Waals surface area contributed by atoms with Crippen molar-refractivity contribution < 1.29 is 27.6 Å². The summed E-state index contributed by atoms with van der Waals surface area (Å²) in [6.45, 7) is -1.10. The lowest BCUT2D eigenvalue weighted by atomic mass is 10.2. The van der Waals surface area contributed by atoms with Gasteiger partial charge in [-0.3, -0.25) is 0 Å². The van der Waals surface area contributed by atoms with E-state index in [9.17, 15) is 13.6 Å². The highest BCUT2D eigenvalue weighted by Gasteiger charge is 2.17. The molecule has 0 aliphatic heterocycles. The minimum absolute atomic E-state index is 0.00719. The highest BCUT2D eigenvalue weighted by atomic mass is 19.3. The monoisotopic (exact) mass is 284 g/mol. The topological polar surface area (TPSA) is 74.5 Å². The molecule has 1 heterocycles. The van der Waals surface area contributed by atoms with Crippen molar-refractivity contribution in [3.05, 3.63) is 30.1 Å². The molecule has 0 amide bonds. The molecule has 0 bridgehead atoms. The fraction of sp³-hybridized carbons (Fsp3) is 0.250. The van der Waals surface area contributed by atoms with Gasteiger partial charge in [0.05, 0.1) is 6.61 Å². The van der Waals surface area contributed by atoms with Gasteiger partial charge in [0.1, 0.15) is 5.75 Å². The summed E-state index contributed by atoms with van der Waals surface area (Å²) in [5, 5.41) is 3.45. The van der Waals surface area contributed by atoms with Crippen LogP contribution in [-0.4, -0.2) is 29.3 Å². The maximum Gasteiger partial charge on any atom is 0.387 e. The number of hydrogen-bond acceptors (Lipinski definition) is 6. The van der Waals surface area contributed by atoms with Crippen molar-refractivity contribution >= 4 is 5.97 Å². The van der Waals surface area contributed by atoms with Crippen molar-refractivity contribution in [1.29, 1.82) is 0 Å². The second-order valence-electron chi connectivity index (χ2n) is 3.55. The molecule has 0 fully saturated rings. The summed E-state index contributed by atoms with van der Waals surface area (Å²) in [7, 11) is 0. The summed E-state index contributed by atoms with van der Waals surface area (Å²) in [4.78, 5) is 15.2. The maximum atomic E-state index is 12.1. The molecule has 0 saturated carbocycles. The molecule has 0 atom stereocenters. The van der Waals surface area contributed by atoms with Gasteiger partial charge < -0.3 is 14.0 Å². The van der Waals surface area contributed by atoms with E-state index >= 15 is 0 Å². The van der Waals surface area contributed by atoms with E-state index in [2.05, 4.69) is 14.9 Å². The number of ether oxygens (including phenoxy) is 2. The third kappa shape index (κ3) is 3.28. The van der Waals surface area contributed by atoms with E-state index in [0.717, 1.165) is 0 Å². The first-order valence-electron chi connectivity index (χ1n) is 5.66. The number of aromatic nitrogens is 2. The smallest absolute Gasteiger partial charge is 0.387 e. The van der Waals surface area contributed by atoms with Crippen LogP contribution in [0.5, 0.6) is 5.75 Å². The molecular weight excluding hydrogens is 274 g/mol. The Morgan fingerprint density at radius 1 is 1.45 bits per heavy atom. The minimum Gasteiger partial charge on any atom is -0.460 e. The molecule has 0 saturated heterocycles. The van der Waals surface area contributed by atoms with Crippen LogP contribution in [0.1, 0.15) is 17.5 Å². The van der Waals surface area contributed by atoms with E-state index in [1.54, 1.807) is 13.0 Å². The highest BCUT2D eigenvalue weighted by Crippen LogP contribution is 2.23. The first-order chi connectivity index (χ1) is 9.60. The molecule has 0 radical (unpaired) electrons. The molecule has 2 rings (SSSR count). The number of benzene rings is 1. The van der Waals surface area contributed by atoms with Crippen molar-refractivity contribution in [3.63, 3.8) is 0 Å². The predicted octanol–water partition coefficient (Wildman–Crippen LogP) is 2.51. The fourth-order valence-electron chi connectivity index (χ4n) is 1.42. The molecule has 1 aromatic carbocycles. The zero-order valence-electron chi connectivity index (χ0n) is 10.4. The maximum absolute atomic E-state index is 12.1. The first-order valence-corrected chi connectivity index (χ1v) is 5.66. The molecule has 8 heteroatoms. The molecule has 0 unspecified atom stereocenters. The largest absolute Gasteiger partial charge is 0.460 e. The Kier molecular flexibility index (Phi) is 4.24. The molecule has 0 aliphatic carbocycles. The van der Waals surface area contributed by atoms with Gasteiger partial charge in [-0.05, 0) is 30.3 Å². The van der Waals surface area contributed by atoms with E-state index in [1.165, 1.54) is 18.2 Å². The van der Waals surface area contributed by atoms with Gasteiger partial charge in [-0.25, -0.2) is 4.79 Å². The summed E-state index contributed by atoms with van der Waals surface area (Å²) in [6, 6.07) is 5.70. The lowest BCUT2D eigenvalue weighted by Gasteiger charge is -2.04. The van der Waals surface area contributed by atoms with Crippen LogP contribution in [-0.2, 0) is 4.74 Å². The second kappa shape index (κ2) is 6.09. The molecule has 106 valence electrons. The van der Waals surface area contributed by atoms with Crippen LogP contribution in [0.15, 0.2) is 28.8 Å². The number of halogens is 2. The van der Waals surface area contributed by atoms with Crippen LogP contribution in [0.4, 0.5) is 8.78 Å². The van der Waals surface area contributed by atoms with Gasteiger partial charge in [-0.15, -0.1) is 0 Å². The Balaban J connectivity index is 2.21. The average Bonchev–Trinajstić information content (AvgIpc) is 2.88. The number of rotatable bonds is 5. The van der Waals surface area contributed by atoms with Crippen LogP contribution in [0.25, 0.3) is 11.5 Å². The quantitative estimate of drug-likeness (QED) is 0.785. The zero-order chi connectivity index (χ0) is 14.5. The van der Waals surface area contributed by atoms with E-state index in [0.29, 0.717) is 5.56 Å². The average molecular weight is 284 g/mol. The van der Waals surface area contributed by atoms with Gasteiger partial charge in [0.25, 0.3) is 11.7 Å². The number of esters is 1. The van der Waals surface area contributed by atoms with E-state index < -0.39 is 12.6 Å². The summed E-state index contributed by atoms with van der Waals surface area (Å²) in [6.07, 6.45) is 0. The standard InChI is InChI=1S/C12H10F2N2O4/c1-2-18-11(17)9-15-10(20-16-9)7-4-3-5-8(6-7)19-12(13)14/h3-6,12H,2H2,1H3. The molecular formula is C12H10F2N2O4. The Bertz CT molecular complexity index is 601. The number of alkyl halides is 2. The van der Waals surface area contributed by atoms with Crippen LogP contribution >= 0.6 is 0 Å². The second-order valence-corrected chi connectivity index (χ2v) is 3.55.